The fraction of sp³-hybridized carbons (Fsp3) is 0.400. The Bertz CT molecular complexity index is 281. The molecule has 1 aliphatic heterocycles. The highest BCUT2D eigenvalue weighted by Gasteiger charge is 2.08. The SMILES string of the molecule is CNCc1ccc2c(c1)CCN2. The van der Waals surface area contributed by atoms with Crippen LogP contribution >= 0.6 is 0 Å². The fourth-order valence-electron chi connectivity index (χ4n) is 1.67. The predicted molar refractivity (Wildman–Crippen MR) is 51.4 cm³/mol. The number of hydrogen-bond donors (Lipinski definition) is 2. The number of rotatable bonds is 2. The molecule has 2 rings (SSSR count). The molecule has 1 aromatic carbocycles. The molecule has 2 nitrogen and oxygen atoms in total. The van der Waals surface area contributed by atoms with Crippen molar-refractivity contribution in [3.63, 3.8) is 0 Å². The minimum atomic E-state index is 0.966. The number of anilines is 1. The van der Waals surface area contributed by atoms with Gasteiger partial charge in [-0.1, -0.05) is 12.1 Å². The lowest BCUT2D eigenvalue weighted by Crippen LogP contribution is -2.04. The van der Waals surface area contributed by atoms with Gasteiger partial charge < -0.3 is 10.6 Å². The molecule has 1 aromatic rings. The van der Waals surface area contributed by atoms with Gasteiger partial charge >= 0.3 is 0 Å². The maximum atomic E-state index is 3.35. The number of benzene rings is 1. The summed E-state index contributed by atoms with van der Waals surface area (Å²) in [4.78, 5) is 0. The van der Waals surface area contributed by atoms with Gasteiger partial charge in [-0.3, -0.25) is 0 Å². The minimum absolute atomic E-state index is 0.966. The molecule has 0 aromatic heterocycles. The summed E-state index contributed by atoms with van der Waals surface area (Å²) in [5.41, 5.74) is 4.15. The normalized spacial score (nSPS) is 14.1. The van der Waals surface area contributed by atoms with Gasteiger partial charge in [0.2, 0.25) is 0 Å². The predicted octanol–water partition coefficient (Wildman–Crippen LogP) is 1.37. The van der Waals surface area contributed by atoms with Gasteiger partial charge in [0.15, 0.2) is 0 Å². The highest BCUT2D eigenvalue weighted by atomic mass is 14.9. The van der Waals surface area contributed by atoms with Crippen LogP contribution in [-0.4, -0.2) is 13.6 Å². The molecule has 0 saturated heterocycles. The average Bonchev–Trinajstić information content (AvgIpc) is 2.51. The molecular weight excluding hydrogens is 148 g/mol. The van der Waals surface area contributed by atoms with Crippen LogP contribution in [0.5, 0.6) is 0 Å². The molecule has 0 aliphatic carbocycles. The van der Waals surface area contributed by atoms with Gasteiger partial charge in [0.1, 0.15) is 0 Å². The first-order valence-electron chi connectivity index (χ1n) is 4.40. The zero-order valence-electron chi connectivity index (χ0n) is 7.35. The standard InChI is InChI=1S/C10H14N2/c1-11-7-8-2-3-10-9(6-8)4-5-12-10/h2-3,6,11-12H,4-5,7H2,1H3. The molecule has 2 N–H and O–H groups in total. The molecule has 1 aliphatic rings. The Kier molecular flexibility index (Phi) is 2.00. The van der Waals surface area contributed by atoms with Crippen molar-refractivity contribution in [3.05, 3.63) is 29.3 Å². The van der Waals surface area contributed by atoms with E-state index in [2.05, 4.69) is 28.8 Å². The molecule has 1 heterocycles. The molecular formula is C10H14N2. The van der Waals surface area contributed by atoms with Crippen molar-refractivity contribution in [1.29, 1.82) is 0 Å². The molecule has 0 atom stereocenters. The monoisotopic (exact) mass is 162 g/mol. The van der Waals surface area contributed by atoms with Crippen molar-refractivity contribution in [2.24, 2.45) is 0 Å². The van der Waals surface area contributed by atoms with Crippen molar-refractivity contribution in [2.75, 3.05) is 18.9 Å². The maximum Gasteiger partial charge on any atom is 0.0373 e. The number of nitrogens with one attached hydrogen (secondary N) is 2. The smallest absolute Gasteiger partial charge is 0.0373 e. The Morgan fingerprint density at radius 3 is 3.25 bits per heavy atom. The fourth-order valence-corrected chi connectivity index (χ4v) is 1.67. The highest BCUT2D eigenvalue weighted by Crippen LogP contribution is 2.22. The van der Waals surface area contributed by atoms with E-state index < -0.39 is 0 Å². The molecule has 12 heavy (non-hydrogen) atoms. The third-order valence-electron chi connectivity index (χ3n) is 2.26. The van der Waals surface area contributed by atoms with Gasteiger partial charge in [-0.15, -0.1) is 0 Å². The number of hydrogen-bond acceptors (Lipinski definition) is 2. The summed E-state index contributed by atoms with van der Waals surface area (Å²) in [5.74, 6) is 0. The van der Waals surface area contributed by atoms with Crippen molar-refractivity contribution in [3.8, 4) is 0 Å². The maximum absolute atomic E-state index is 3.35. The number of fused-ring (bicyclic) bond motifs is 1. The van der Waals surface area contributed by atoms with Crippen LogP contribution in [0.4, 0.5) is 5.69 Å². The summed E-state index contributed by atoms with van der Waals surface area (Å²) in [6, 6.07) is 6.63. The zero-order chi connectivity index (χ0) is 8.39. The van der Waals surface area contributed by atoms with Crippen LogP contribution < -0.4 is 10.6 Å². The van der Waals surface area contributed by atoms with Crippen LogP contribution in [0.2, 0.25) is 0 Å². The molecule has 0 spiro atoms. The van der Waals surface area contributed by atoms with E-state index in [0.717, 1.165) is 13.1 Å². The summed E-state index contributed by atoms with van der Waals surface area (Å²) >= 11 is 0. The molecule has 0 saturated carbocycles. The van der Waals surface area contributed by atoms with Crippen molar-refractivity contribution in [2.45, 2.75) is 13.0 Å². The summed E-state index contributed by atoms with van der Waals surface area (Å²) < 4.78 is 0. The summed E-state index contributed by atoms with van der Waals surface area (Å²) in [6.45, 7) is 2.06. The van der Waals surface area contributed by atoms with Crippen molar-refractivity contribution in [1.82, 2.24) is 5.32 Å². The topological polar surface area (TPSA) is 24.1 Å². The molecule has 0 fully saturated rings. The highest BCUT2D eigenvalue weighted by molar-refractivity contribution is 5.56. The van der Waals surface area contributed by atoms with Crippen LogP contribution in [0, 0.1) is 0 Å². The van der Waals surface area contributed by atoms with E-state index in [1.807, 2.05) is 7.05 Å². The van der Waals surface area contributed by atoms with E-state index in [1.54, 1.807) is 0 Å². The van der Waals surface area contributed by atoms with Gasteiger partial charge in [-0.05, 0) is 30.7 Å². The van der Waals surface area contributed by atoms with Gasteiger partial charge in [0, 0.05) is 18.8 Å². The first kappa shape index (κ1) is 7.62. The molecule has 0 bridgehead atoms. The zero-order valence-corrected chi connectivity index (χ0v) is 7.35. The van der Waals surface area contributed by atoms with E-state index in [-0.39, 0.29) is 0 Å². The quantitative estimate of drug-likeness (QED) is 0.686. The summed E-state index contributed by atoms with van der Waals surface area (Å²) in [7, 11) is 1.98. The van der Waals surface area contributed by atoms with Crippen LogP contribution in [0.3, 0.4) is 0 Å². The van der Waals surface area contributed by atoms with Crippen molar-refractivity contribution >= 4 is 5.69 Å². The first-order valence-corrected chi connectivity index (χ1v) is 4.40. The van der Waals surface area contributed by atoms with E-state index in [9.17, 15) is 0 Å². The Labute approximate surface area is 73.0 Å². The Hall–Kier alpha value is -1.02. The van der Waals surface area contributed by atoms with E-state index in [0.29, 0.717) is 0 Å². The van der Waals surface area contributed by atoms with Gasteiger partial charge in [0.05, 0.1) is 0 Å². The minimum Gasteiger partial charge on any atom is -0.384 e. The first-order chi connectivity index (χ1) is 5.90. The Balaban J connectivity index is 2.26. The van der Waals surface area contributed by atoms with E-state index >= 15 is 0 Å². The van der Waals surface area contributed by atoms with Crippen LogP contribution in [0.15, 0.2) is 18.2 Å². The third-order valence-corrected chi connectivity index (χ3v) is 2.26. The lowest BCUT2D eigenvalue weighted by molar-refractivity contribution is 0.817. The molecule has 0 unspecified atom stereocenters. The lowest BCUT2D eigenvalue weighted by atomic mass is 10.1. The Morgan fingerprint density at radius 2 is 2.42 bits per heavy atom. The lowest BCUT2D eigenvalue weighted by Gasteiger charge is -2.03. The molecule has 0 radical (unpaired) electrons. The second-order valence-corrected chi connectivity index (χ2v) is 3.20. The van der Waals surface area contributed by atoms with Crippen LogP contribution in [0.1, 0.15) is 11.1 Å². The third kappa shape index (κ3) is 1.30. The Morgan fingerprint density at radius 1 is 1.50 bits per heavy atom. The molecule has 0 amide bonds. The summed E-state index contributed by atoms with van der Waals surface area (Å²) in [6.07, 6.45) is 1.17. The summed E-state index contributed by atoms with van der Waals surface area (Å²) in [5, 5.41) is 6.50. The second kappa shape index (κ2) is 3.15. The van der Waals surface area contributed by atoms with Gasteiger partial charge in [0.25, 0.3) is 0 Å². The van der Waals surface area contributed by atoms with Crippen LogP contribution in [0.25, 0.3) is 0 Å². The average molecular weight is 162 g/mol. The van der Waals surface area contributed by atoms with E-state index in [4.69, 9.17) is 0 Å². The second-order valence-electron chi connectivity index (χ2n) is 3.20. The van der Waals surface area contributed by atoms with E-state index in [1.165, 1.54) is 23.2 Å². The largest absolute Gasteiger partial charge is 0.384 e. The van der Waals surface area contributed by atoms with Gasteiger partial charge in [-0.2, -0.15) is 0 Å². The van der Waals surface area contributed by atoms with Crippen LogP contribution in [-0.2, 0) is 13.0 Å². The molecule has 2 heteroatoms. The van der Waals surface area contributed by atoms with Crippen molar-refractivity contribution < 1.29 is 0 Å². The van der Waals surface area contributed by atoms with Gasteiger partial charge in [-0.25, -0.2) is 0 Å². The molecule has 64 valence electrons.